The maximum absolute atomic E-state index is 13.8. The van der Waals surface area contributed by atoms with Gasteiger partial charge in [-0.25, -0.2) is 4.57 Å². The van der Waals surface area contributed by atoms with E-state index < -0.39 is 225 Å². The lowest BCUT2D eigenvalue weighted by atomic mass is 9.84. The molecule has 4 heterocycles. The van der Waals surface area contributed by atoms with Gasteiger partial charge in [0.2, 0.25) is 0 Å². The van der Waals surface area contributed by atoms with Crippen LogP contribution in [-0.4, -0.2) is 304 Å². The van der Waals surface area contributed by atoms with Gasteiger partial charge in [-0.15, -0.1) is 0 Å². The van der Waals surface area contributed by atoms with Gasteiger partial charge in [-0.2, -0.15) is 0 Å². The molecule has 558 valence electrons. The van der Waals surface area contributed by atoms with Crippen LogP contribution in [0.4, 0.5) is 0 Å². The molecule has 34 heteroatoms. The van der Waals surface area contributed by atoms with Crippen LogP contribution < -0.4 is 5.73 Å². The molecule has 4 aliphatic heterocycles. The van der Waals surface area contributed by atoms with Crippen molar-refractivity contribution in [3.63, 3.8) is 0 Å². The number of carbonyl (C=O) groups is 2. The summed E-state index contributed by atoms with van der Waals surface area (Å²) in [7, 11) is -5.56. The van der Waals surface area contributed by atoms with Crippen molar-refractivity contribution in [2.24, 2.45) is 5.73 Å². The second-order valence-electron chi connectivity index (χ2n) is 25.5. The van der Waals surface area contributed by atoms with Crippen molar-refractivity contribution in [2.75, 3.05) is 39.6 Å². The molecule has 0 spiro atoms. The molecule has 0 aromatic carbocycles. The van der Waals surface area contributed by atoms with E-state index in [1.165, 1.54) is 64.2 Å². The van der Waals surface area contributed by atoms with Crippen molar-refractivity contribution in [2.45, 2.75) is 333 Å². The summed E-state index contributed by atoms with van der Waals surface area (Å²) in [5, 5.41) is 172. The summed E-state index contributed by atoms with van der Waals surface area (Å²) < 4.78 is 80.9. The summed E-state index contributed by atoms with van der Waals surface area (Å²) in [5.41, 5.74) is 6.37. The first-order valence-corrected chi connectivity index (χ1v) is 35.5. The van der Waals surface area contributed by atoms with Gasteiger partial charge in [0, 0.05) is 12.8 Å². The Morgan fingerprint density at radius 2 is 0.789 bits per heavy atom. The van der Waals surface area contributed by atoms with E-state index in [9.17, 15) is 101 Å². The van der Waals surface area contributed by atoms with E-state index in [1.807, 2.05) is 0 Å². The molecule has 0 aromatic rings. The second-order valence-corrected chi connectivity index (χ2v) is 26.9. The number of hydrogen-bond donors (Lipinski definition) is 18. The van der Waals surface area contributed by atoms with Crippen LogP contribution in [0.15, 0.2) is 0 Å². The van der Waals surface area contributed by atoms with Crippen molar-refractivity contribution < 1.29 is 157 Å². The van der Waals surface area contributed by atoms with Crippen LogP contribution in [0.3, 0.4) is 0 Å². The van der Waals surface area contributed by atoms with E-state index in [1.54, 1.807) is 0 Å². The van der Waals surface area contributed by atoms with E-state index in [-0.39, 0.29) is 12.8 Å². The molecular weight excluding hydrogens is 1290 g/mol. The molecule has 1 saturated carbocycles. The maximum atomic E-state index is 13.8. The molecule has 33 nitrogen and oxygen atoms in total. The number of phosphoric ester groups is 1. The molecule has 5 aliphatic rings. The molecule has 28 atom stereocenters. The standard InChI is InChI=1S/C61H112NO32P/c1-3-5-7-9-11-13-15-17-19-21-23-25-38(66)83-30-33(86-39(67)26-24-22-20-18-16-14-12-10-8-6-4-2)31-85-95(81,82)94-56-51(78)48(75)47(74)50(77)55(56)92-58-40(62)44(71)54(36(29-65)89-58)91-60-53(80)46(73)43(70)37(90-60)32-84-61-57(49(76)42(69)35(28-64)88-61)93-59-52(79)45(72)41(68)34(27-63)87-59/h33-37,40-61,63-65,68-80H,3-32,62H2,1-2H3,(H,81,82)/t33-,34-,35-,36-,37-,40-,41-,42-,43-,44-,45+,46+,47+,48+,49+,50-,51+,52+,53+,54-,55+,56+,57+,58-,59-,60-,61+/m1/s1. The molecule has 0 bridgehead atoms. The number of nitrogens with two attached hydrogens (primary N) is 1. The molecule has 5 fully saturated rings. The maximum Gasteiger partial charge on any atom is 0.472 e. The number of ether oxygens (including phenoxy) is 10. The monoisotopic (exact) mass is 1400 g/mol. The minimum atomic E-state index is -5.56. The lowest BCUT2D eigenvalue weighted by Crippen LogP contribution is -2.69. The van der Waals surface area contributed by atoms with E-state index >= 15 is 0 Å². The highest BCUT2D eigenvalue weighted by molar-refractivity contribution is 7.47. The normalized spacial score (nSPS) is 37.9. The Bertz CT molecular complexity index is 2170. The summed E-state index contributed by atoms with van der Waals surface area (Å²) >= 11 is 0. The first kappa shape index (κ1) is 83.7. The van der Waals surface area contributed by atoms with Gasteiger partial charge in [-0.1, -0.05) is 142 Å². The van der Waals surface area contributed by atoms with Gasteiger partial charge in [-0.05, 0) is 12.8 Å². The van der Waals surface area contributed by atoms with E-state index in [4.69, 9.17) is 62.1 Å². The Morgan fingerprint density at radius 1 is 0.411 bits per heavy atom. The third-order valence-corrected chi connectivity index (χ3v) is 18.9. The number of aliphatic hydroxyl groups excluding tert-OH is 16. The van der Waals surface area contributed by atoms with Crippen molar-refractivity contribution >= 4 is 19.8 Å². The highest BCUT2D eigenvalue weighted by Crippen LogP contribution is 2.48. The van der Waals surface area contributed by atoms with Crippen molar-refractivity contribution in [1.29, 1.82) is 0 Å². The Morgan fingerprint density at radius 3 is 1.28 bits per heavy atom. The largest absolute Gasteiger partial charge is 0.472 e. The van der Waals surface area contributed by atoms with Crippen LogP contribution in [0, 0.1) is 0 Å². The lowest BCUT2D eigenvalue weighted by Gasteiger charge is -2.49. The molecule has 19 N–H and O–H groups in total. The predicted molar refractivity (Wildman–Crippen MR) is 326 cm³/mol. The van der Waals surface area contributed by atoms with Gasteiger partial charge >= 0.3 is 19.8 Å². The third kappa shape index (κ3) is 25.5. The Kier molecular flexibility index (Phi) is 38.0. The van der Waals surface area contributed by atoms with Gasteiger partial charge in [-0.3, -0.25) is 18.6 Å². The highest BCUT2D eigenvalue weighted by atomic mass is 31.2. The zero-order chi connectivity index (χ0) is 69.9. The van der Waals surface area contributed by atoms with Crippen molar-refractivity contribution in [3.05, 3.63) is 0 Å². The molecule has 4 saturated heterocycles. The fourth-order valence-electron chi connectivity index (χ4n) is 12.0. The average molecular weight is 1400 g/mol. The van der Waals surface area contributed by atoms with Crippen molar-refractivity contribution in [1.82, 2.24) is 0 Å². The lowest BCUT2D eigenvalue weighted by molar-refractivity contribution is -0.377. The fourth-order valence-corrected chi connectivity index (χ4v) is 13.0. The van der Waals surface area contributed by atoms with Crippen LogP contribution in [0.1, 0.15) is 168 Å². The van der Waals surface area contributed by atoms with Gasteiger partial charge < -0.3 is 140 Å². The van der Waals surface area contributed by atoms with Crippen LogP contribution in [0.2, 0.25) is 0 Å². The number of aliphatic hydroxyl groups is 16. The molecular formula is C61H112NO32P. The second kappa shape index (κ2) is 43.1. The molecule has 0 amide bonds. The summed E-state index contributed by atoms with van der Waals surface area (Å²) in [5.74, 6) is -1.34. The summed E-state index contributed by atoms with van der Waals surface area (Å²) in [6.45, 7) is -0.944. The SMILES string of the molecule is CCCCCCCCCCCCCC(=O)OC[C@H](COP(=O)(O)O[C@H]1[C@@H](O)[C@@H](O)[C@H](O)[C@@H](O)[C@@H]1O[C@H]1O[C@H](CO)[C@@H](O[C@H]2O[C@H](CO[C@H]3O[C@H](CO)[C@@H](O)[C@H](O)[C@@H]3O[C@H]3O[C@H](CO)[C@@H](O)[C@H](O)[C@@H]3O)[C@@H](O)[C@H](O)[C@@H]2O)[C@H](O)[C@H]1N)OC(=O)CCCCCCCCCCCCC. The van der Waals surface area contributed by atoms with Crippen LogP contribution in [-0.2, 0) is 70.6 Å². The van der Waals surface area contributed by atoms with Crippen LogP contribution >= 0.6 is 7.82 Å². The zero-order valence-electron chi connectivity index (χ0n) is 54.6. The number of hydrogen-bond acceptors (Lipinski definition) is 32. The number of unbranched alkanes of at least 4 members (excludes halogenated alkanes) is 20. The molecule has 1 unspecified atom stereocenters. The Labute approximate surface area is 554 Å². The van der Waals surface area contributed by atoms with Gasteiger partial charge in [0.25, 0.3) is 0 Å². The number of carbonyl (C=O) groups excluding carboxylic acids is 2. The predicted octanol–water partition coefficient (Wildman–Crippen LogP) is -2.57. The molecule has 5 rings (SSSR count). The van der Waals surface area contributed by atoms with Crippen LogP contribution in [0.5, 0.6) is 0 Å². The van der Waals surface area contributed by atoms with E-state index in [0.717, 1.165) is 64.2 Å². The zero-order valence-corrected chi connectivity index (χ0v) is 55.4. The molecule has 1 aliphatic carbocycles. The summed E-state index contributed by atoms with van der Waals surface area (Å²) in [6.07, 6.45) is -28.7. The summed E-state index contributed by atoms with van der Waals surface area (Å²) in [4.78, 5) is 37.2. The summed E-state index contributed by atoms with van der Waals surface area (Å²) in [6, 6.07) is -1.87. The molecule has 0 aromatic heterocycles. The highest BCUT2D eigenvalue weighted by Gasteiger charge is 2.57. The Hall–Kier alpha value is -1.95. The van der Waals surface area contributed by atoms with E-state index in [2.05, 4.69) is 13.8 Å². The first-order valence-electron chi connectivity index (χ1n) is 34.0. The fraction of sp³-hybridized carbons (Fsp3) is 0.967. The minimum Gasteiger partial charge on any atom is -0.462 e. The van der Waals surface area contributed by atoms with Gasteiger partial charge in [0.15, 0.2) is 31.3 Å². The van der Waals surface area contributed by atoms with E-state index in [0.29, 0.717) is 12.8 Å². The number of phosphoric acid groups is 1. The number of rotatable bonds is 44. The number of esters is 2. The minimum absolute atomic E-state index is 0.0344. The molecule has 95 heavy (non-hydrogen) atoms. The third-order valence-electron chi connectivity index (χ3n) is 18.0. The average Bonchev–Trinajstić information content (AvgIpc) is 0.784. The Balaban J connectivity index is 1.21. The van der Waals surface area contributed by atoms with Gasteiger partial charge in [0.1, 0.15) is 135 Å². The quantitative estimate of drug-likeness (QED) is 0.0169. The smallest absolute Gasteiger partial charge is 0.462 e. The van der Waals surface area contributed by atoms with Crippen LogP contribution in [0.25, 0.3) is 0 Å². The topological polar surface area (TPSA) is 532 Å². The van der Waals surface area contributed by atoms with Crippen molar-refractivity contribution in [3.8, 4) is 0 Å². The van der Waals surface area contributed by atoms with Gasteiger partial charge in [0.05, 0.1) is 39.1 Å². The first-order chi connectivity index (χ1) is 45.3. The molecule has 0 radical (unpaired) electrons.